The van der Waals surface area contributed by atoms with E-state index in [1.165, 1.54) is 25.7 Å². The van der Waals surface area contributed by atoms with Crippen molar-refractivity contribution in [2.45, 2.75) is 76.5 Å². The first-order valence-electron chi connectivity index (χ1n) is 9.93. The molecule has 1 aliphatic carbocycles. The van der Waals surface area contributed by atoms with E-state index in [9.17, 15) is 4.79 Å². The molecule has 2 saturated heterocycles. The summed E-state index contributed by atoms with van der Waals surface area (Å²) in [7, 11) is 0. The van der Waals surface area contributed by atoms with E-state index in [0.717, 1.165) is 58.0 Å². The molecule has 1 amide bonds. The van der Waals surface area contributed by atoms with Gasteiger partial charge < -0.3 is 14.8 Å². The molecule has 0 aromatic rings. The summed E-state index contributed by atoms with van der Waals surface area (Å²) in [6.07, 6.45) is 9.52. The van der Waals surface area contributed by atoms with Crippen LogP contribution in [0.3, 0.4) is 0 Å². The Hall–Kier alpha value is -0.650. The van der Waals surface area contributed by atoms with Gasteiger partial charge in [-0.1, -0.05) is 6.92 Å². The molecule has 3 rings (SSSR count). The summed E-state index contributed by atoms with van der Waals surface area (Å²) in [5.74, 6) is 1.01. The van der Waals surface area contributed by atoms with E-state index in [0.29, 0.717) is 24.7 Å². The Morgan fingerprint density at radius 3 is 2.46 bits per heavy atom. The fourth-order valence-electron chi connectivity index (χ4n) is 4.30. The molecule has 0 bridgehead atoms. The zero-order valence-electron chi connectivity index (χ0n) is 15.2. The van der Waals surface area contributed by atoms with Crippen LogP contribution in [0.25, 0.3) is 0 Å². The van der Waals surface area contributed by atoms with E-state index in [-0.39, 0.29) is 5.91 Å². The smallest absolute Gasteiger partial charge is 0.234 e. The minimum atomic E-state index is 0.179. The lowest BCUT2D eigenvalue weighted by Gasteiger charge is -2.37. The van der Waals surface area contributed by atoms with Crippen LogP contribution < -0.4 is 5.32 Å². The molecule has 24 heavy (non-hydrogen) atoms. The van der Waals surface area contributed by atoms with Crippen molar-refractivity contribution in [1.29, 1.82) is 0 Å². The molecule has 1 saturated carbocycles. The minimum Gasteiger partial charge on any atom is -0.381 e. The molecular weight excluding hydrogens is 304 g/mol. The Balaban J connectivity index is 1.52. The van der Waals surface area contributed by atoms with Crippen molar-refractivity contribution in [3.05, 3.63) is 0 Å². The first-order valence-corrected chi connectivity index (χ1v) is 9.93. The number of hydrogen-bond donors (Lipinski definition) is 1. The van der Waals surface area contributed by atoms with Crippen LogP contribution in [-0.2, 0) is 14.3 Å². The van der Waals surface area contributed by atoms with Gasteiger partial charge in [-0.15, -0.1) is 0 Å². The fraction of sp³-hybridized carbons (Fsp3) is 0.947. The van der Waals surface area contributed by atoms with Gasteiger partial charge in [0.1, 0.15) is 0 Å². The lowest BCUT2D eigenvalue weighted by Crippen LogP contribution is -2.49. The van der Waals surface area contributed by atoms with Crippen molar-refractivity contribution in [2.24, 2.45) is 5.92 Å². The molecule has 1 atom stereocenters. The minimum absolute atomic E-state index is 0.179. The highest BCUT2D eigenvalue weighted by molar-refractivity contribution is 5.78. The van der Waals surface area contributed by atoms with Crippen molar-refractivity contribution in [3.63, 3.8) is 0 Å². The van der Waals surface area contributed by atoms with Gasteiger partial charge in [0.15, 0.2) is 0 Å². The van der Waals surface area contributed by atoms with Gasteiger partial charge >= 0.3 is 0 Å². The summed E-state index contributed by atoms with van der Waals surface area (Å²) in [6, 6.07) is 0.841. The Labute approximate surface area is 146 Å². The van der Waals surface area contributed by atoms with Gasteiger partial charge in [-0.2, -0.15) is 0 Å². The second-order valence-corrected chi connectivity index (χ2v) is 7.93. The van der Waals surface area contributed by atoms with Crippen LogP contribution in [0.1, 0.15) is 58.3 Å². The number of carbonyl (C=O) groups excluding carboxylic acids is 1. The van der Waals surface area contributed by atoms with Crippen LogP contribution in [0.15, 0.2) is 0 Å². The average Bonchev–Trinajstić information content (AvgIpc) is 3.09. The van der Waals surface area contributed by atoms with Crippen LogP contribution in [0, 0.1) is 5.92 Å². The summed E-state index contributed by atoms with van der Waals surface area (Å²) in [6.45, 7) is 6.21. The Morgan fingerprint density at radius 2 is 1.79 bits per heavy atom. The zero-order chi connectivity index (χ0) is 16.8. The molecule has 2 heterocycles. The van der Waals surface area contributed by atoms with Crippen molar-refractivity contribution in [3.8, 4) is 0 Å². The van der Waals surface area contributed by atoms with E-state index in [2.05, 4.69) is 17.1 Å². The summed E-state index contributed by atoms with van der Waals surface area (Å²) in [4.78, 5) is 15.0. The van der Waals surface area contributed by atoms with E-state index < -0.39 is 0 Å². The predicted octanol–water partition coefficient (Wildman–Crippen LogP) is 2.34. The monoisotopic (exact) mass is 338 g/mol. The number of nitrogens with one attached hydrogen (secondary N) is 1. The molecule has 5 nitrogen and oxygen atoms in total. The standard InChI is InChI=1S/C19H34N2O3/c1-15-4-6-17(7-5-15)21(13-18-3-2-10-24-18)14-19(22)20-16-8-11-23-12-9-16/h15-18H,2-14H2,1H3,(H,20,22). The Kier molecular flexibility index (Phi) is 6.93. The Bertz CT molecular complexity index is 384. The van der Waals surface area contributed by atoms with Crippen molar-refractivity contribution < 1.29 is 14.3 Å². The number of rotatable bonds is 6. The van der Waals surface area contributed by atoms with Crippen LogP contribution >= 0.6 is 0 Å². The number of amides is 1. The molecule has 3 aliphatic rings. The number of nitrogens with zero attached hydrogens (tertiary/aromatic N) is 1. The highest BCUT2D eigenvalue weighted by Crippen LogP contribution is 2.28. The van der Waals surface area contributed by atoms with E-state index in [1.807, 2.05) is 0 Å². The molecular formula is C19H34N2O3. The van der Waals surface area contributed by atoms with E-state index in [1.54, 1.807) is 0 Å². The first kappa shape index (κ1) is 18.2. The third-order valence-corrected chi connectivity index (χ3v) is 5.90. The van der Waals surface area contributed by atoms with Crippen molar-refractivity contribution >= 4 is 5.91 Å². The molecule has 0 aromatic carbocycles. The lowest BCUT2D eigenvalue weighted by atomic mass is 9.86. The summed E-state index contributed by atoms with van der Waals surface area (Å²) >= 11 is 0. The van der Waals surface area contributed by atoms with Crippen molar-refractivity contribution in [1.82, 2.24) is 10.2 Å². The normalized spacial score (nSPS) is 32.2. The van der Waals surface area contributed by atoms with Gasteiger partial charge in [0.05, 0.1) is 12.6 Å². The molecule has 0 aromatic heterocycles. The van der Waals surface area contributed by atoms with E-state index in [4.69, 9.17) is 9.47 Å². The van der Waals surface area contributed by atoms with Crippen molar-refractivity contribution in [2.75, 3.05) is 32.9 Å². The molecule has 0 radical (unpaired) electrons. The predicted molar refractivity (Wildman–Crippen MR) is 94.0 cm³/mol. The average molecular weight is 338 g/mol. The molecule has 2 aliphatic heterocycles. The third kappa shape index (κ3) is 5.43. The highest BCUT2D eigenvalue weighted by Gasteiger charge is 2.29. The molecule has 1 unspecified atom stereocenters. The highest BCUT2D eigenvalue weighted by atomic mass is 16.5. The largest absolute Gasteiger partial charge is 0.381 e. The number of carbonyl (C=O) groups is 1. The molecule has 5 heteroatoms. The lowest BCUT2D eigenvalue weighted by molar-refractivity contribution is -0.124. The maximum atomic E-state index is 12.6. The number of hydrogen-bond acceptors (Lipinski definition) is 4. The second-order valence-electron chi connectivity index (χ2n) is 7.93. The molecule has 1 N–H and O–H groups in total. The SMILES string of the molecule is CC1CCC(N(CC(=O)NC2CCOCC2)CC2CCCO2)CC1. The maximum absolute atomic E-state index is 12.6. The van der Waals surface area contributed by atoms with Crippen LogP contribution in [0.5, 0.6) is 0 Å². The second kappa shape index (κ2) is 9.16. The molecule has 0 spiro atoms. The van der Waals surface area contributed by atoms with Gasteiger partial charge in [0, 0.05) is 38.4 Å². The quantitative estimate of drug-likeness (QED) is 0.808. The topological polar surface area (TPSA) is 50.8 Å². The van der Waals surface area contributed by atoms with Crippen LogP contribution in [0.4, 0.5) is 0 Å². The van der Waals surface area contributed by atoms with Crippen LogP contribution in [-0.4, -0.2) is 61.9 Å². The summed E-state index contributed by atoms with van der Waals surface area (Å²) in [5, 5.41) is 3.22. The molecule has 138 valence electrons. The summed E-state index contributed by atoms with van der Waals surface area (Å²) in [5.41, 5.74) is 0. The van der Waals surface area contributed by atoms with Gasteiger partial charge in [0.25, 0.3) is 0 Å². The Morgan fingerprint density at radius 1 is 1.04 bits per heavy atom. The van der Waals surface area contributed by atoms with Gasteiger partial charge in [-0.25, -0.2) is 0 Å². The van der Waals surface area contributed by atoms with Gasteiger partial charge in [0.2, 0.25) is 5.91 Å². The maximum Gasteiger partial charge on any atom is 0.234 e. The van der Waals surface area contributed by atoms with Gasteiger partial charge in [-0.3, -0.25) is 9.69 Å². The van der Waals surface area contributed by atoms with E-state index >= 15 is 0 Å². The number of ether oxygens (including phenoxy) is 2. The summed E-state index contributed by atoms with van der Waals surface area (Å²) < 4.78 is 11.2. The fourth-order valence-corrected chi connectivity index (χ4v) is 4.30. The zero-order valence-corrected chi connectivity index (χ0v) is 15.2. The molecule has 3 fully saturated rings. The third-order valence-electron chi connectivity index (χ3n) is 5.90. The van der Waals surface area contributed by atoms with Crippen LogP contribution in [0.2, 0.25) is 0 Å². The first-order chi connectivity index (χ1) is 11.7. The van der Waals surface area contributed by atoms with Gasteiger partial charge in [-0.05, 0) is 57.3 Å².